The molecular formula is C23H21ClN6O2S. The van der Waals surface area contributed by atoms with Crippen LogP contribution < -0.4 is 15.5 Å². The summed E-state index contributed by atoms with van der Waals surface area (Å²) in [6, 6.07) is 11.1. The number of fused-ring (bicyclic) bond motifs is 2. The smallest absolute Gasteiger partial charge is 0.280 e. The van der Waals surface area contributed by atoms with Crippen LogP contribution in [0.1, 0.15) is 30.9 Å². The molecule has 0 spiro atoms. The highest BCUT2D eigenvalue weighted by atomic mass is 35.5. The number of hydrogen-bond donors (Lipinski definition) is 3. The lowest BCUT2D eigenvalue weighted by Crippen LogP contribution is -2.34. The van der Waals surface area contributed by atoms with Gasteiger partial charge in [0.15, 0.2) is 5.01 Å². The Kier molecular flexibility index (Phi) is 5.97. The lowest BCUT2D eigenvalue weighted by Gasteiger charge is -2.27. The number of carbonyl (C=O) groups is 2. The number of aromatic amines is 1. The first-order chi connectivity index (χ1) is 16.1. The van der Waals surface area contributed by atoms with Gasteiger partial charge in [-0.1, -0.05) is 11.6 Å². The molecule has 33 heavy (non-hydrogen) atoms. The van der Waals surface area contributed by atoms with E-state index in [1.165, 1.54) is 11.3 Å². The van der Waals surface area contributed by atoms with Crippen molar-refractivity contribution in [2.24, 2.45) is 0 Å². The van der Waals surface area contributed by atoms with Gasteiger partial charge in [-0.3, -0.25) is 14.6 Å². The van der Waals surface area contributed by atoms with Crippen molar-refractivity contribution in [1.82, 2.24) is 25.6 Å². The van der Waals surface area contributed by atoms with Gasteiger partial charge in [0, 0.05) is 64.9 Å². The van der Waals surface area contributed by atoms with Crippen LogP contribution in [0.2, 0.25) is 5.02 Å². The Morgan fingerprint density at radius 2 is 1.88 bits per heavy atom. The van der Waals surface area contributed by atoms with Crippen molar-refractivity contribution in [3.63, 3.8) is 0 Å². The number of halogens is 1. The molecule has 4 heterocycles. The first-order valence-corrected chi connectivity index (χ1v) is 11.7. The molecule has 0 unspecified atom stereocenters. The second-order valence-corrected chi connectivity index (χ2v) is 9.21. The molecular weight excluding hydrogens is 460 g/mol. The largest absolute Gasteiger partial charge is 0.366 e. The maximum atomic E-state index is 12.6. The first-order valence-electron chi connectivity index (χ1n) is 10.5. The molecule has 8 nitrogen and oxygen atoms in total. The Morgan fingerprint density at radius 1 is 1.09 bits per heavy atom. The zero-order valence-corrected chi connectivity index (χ0v) is 19.2. The molecule has 1 aromatic carbocycles. The standard InChI is InChI=1S/C23H21ClN6O2S/c24-15-1-2-17-14(11-15)12-19(28-17)21(31)26-8-9-27-22(32)23-29-18-5-10-30(13-20(18)33-23)16-3-6-25-7-4-16/h1-4,6-7,11-12,28H,5,8-10,13H2,(H,26,31)(H,27,32). The van der Waals surface area contributed by atoms with Gasteiger partial charge >= 0.3 is 0 Å². The SMILES string of the molecule is O=C(NCCNC(=O)c1nc2c(s1)CN(c1ccncc1)CC2)c1cc2cc(Cl)ccc2[nH]1. The number of nitrogens with one attached hydrogen (secondary N) is 3. The number of aromatic nitrogens is 3. The van der Waals surface area contributed by atoms with E-state index in [1.807, 2.05) is 18.2 Å². The second kappa shape index (κ2) is 9.21. The lowest BCUT2D eigenvalue weighted by molar-refractivity contribution is 0.0925. The number of carbonyl (C=O) groups excluding carboxylic acids is 2. The number of anilines is 1. The van der Waals surface area contributed by atoms with Gasteiger partial charge in [-0.15, -0.1) is 11.3 Å². The maximum absolute atomic E-state index is 12.6. The van der Waals surface area contributed by atoms with E-state index >= 15 is 0 Å². The van der Waals surface area contributed by atoms with E-state index in [9.17, 15) is 9.59 Å². The van der Waals surface area contributed by atoms with Gasteiger partial charge in [0.05, 0.1) is 12.2 Å². The summed E-state index contributed by atoms with van der Waals surface area (Å²) in [5, 5.41) is 7.59. The molecule has 0 aliphatic carbocycles. The molecule has 3 N–H and O–H groups in total. The average molecular weight is 481 g/mol. The van der Waals surface area contributed by atoms with Gasteiger partial charge in [-0.2, -0.15) is 0 Å². The molecule has 0 saturated carbocycles. The normalized spacial score (nSPS) is 13.1. The summed E-state index contributed by atoms with van der Waals surface area (Å²) >= 11 is 7.42. The number of rotatable bonds is 6. The summed E-state index contributed by atoms with van der Waals surface area (Å²) in [6.45, 7) is 2.20. The van der Waals surface area contributed by atoms with Crippen LogP contribution in [0.25, 0.3) is 10.9 Å². The van der Waals surface area contributed by atoms with E-state index < -0.39 is 0 Å². The number of H-pyrrole nitrogens is 1. The molecule has 3 aromatic heterocycles. The molecule has 1 aliphatic heterocycles. The molecule has 4 aromatic rings. The van der Waals surface area contributed by atoms with Crippen molar-refractivity contribution in [3.05, 3.63) is 75.1 Å². The summed E-state index contributed by atoms with van der Waals surface area (Å²) in [6.07, 6.45) is 4.36. The quantitative estimate of drug-likeness (QED) is 0.367. The van der Waals surface area contributed by atoms with Gasteiger partial charge in [0.1, 0.15) is 5.69 Å². The summed E-state index contributed by atoms with van der Waals surface area (Å²) in [5.41, 5.74) is 3.39. The highest BCUT2D eigenvalue weighted by Gasteiger charge is 2.23. The van der Waals surface area contributed by atoms with Crippen LogP contribution in [0.3, 0.4) is 0 Å². The topological polar surface area (TPSA) is 103 Å². The average Bonchev–Trinajstić information content (AvgIpc) is 3.45. The summed E-state index contributed by atoms with van der Waals surface area (Å²) < 4.78 is 0. The Bertz CT molecular complexity index is 1320. The van der Waals surface area contributed by atoms with Crippen molar-refractivity contribution in [3.8, 4) is 0 Å². The molecule has 5 rings (SSSR count). The second-order valence-electron chi connectivity index (χ2n) is 7.69. The third-order valence-corrected chi connectivity index (χ3v) is 6.79. The van der Waals surface area contributed by atoms with Crippen molar-refractivity contribution in [1.29, 1.82) is 0 Å². The molecule has 0 bridgehead atoms. The molecule has 0 radical (unpaired) electrons. The van der Waals surface area contributed by atoms with Crippen LogP contribution in [0.4, 0.5) is 5.69 Å². The first kappa shape index (κ1) is 21.4. The van der Waals surface area contributed by atoms with Crippen molar-refractivity contribution in [2.45, 2.75) is 13.0 Å². The molecule has 168 valence electrons. The van der Waals surface area contributed by atoms with Crippen LogP contribution in [0.5, 0.6) is 0 Å². The van der Waals surface area contributed by atoms with E-state index in [4.69, 9.17) is 11.6 Å². The summed E-state index contributed by atoms with van der Waals surface area (Å²) in [7, 11) is 0. The maximum Gasteiger partial charge on any atom is 0.280 e. The molecule has 1 aliphatic rings. The lowest BCUT2D eigenvalue weighted by atomic mass is 10.1. The van der Waals surface area contributed by atoms with Gasteiger partial charge in [-0.05, 0) is 36.4 Å². The van der Waals surface area contributed by atoms with Crippen LogP contribution in [0.15, 0.2) is 48.8 Å². The van der Waals surface area contributed by atoms with Crippen LogP contribution >= 0.6 is 22.9 Å². The minimum absolute atomic E-state index is 0.223. The zero-order chi connectivity index (χ0) is 22.8. The Balaban J connectivity index is 1.13. The van der Waals surface area contributed by atoms with Crippen LogP contribution in [0, 0.1) is 0 Å². The van der Waals surface area contributed by atoms with Crippen molar-refractivity contribution >= 4 is 51.3 Å². The molecule has 0 saturated heterocycles. The fourth-order valence-corrected chi connectivity index (χ4v) is 5.04. The van der Waals surface area contributed by atoms with Gasteiger partial charge in [0.2, 0.25) is 0 Å². The van der Waals surface area contributed by atoms with Gasteiger partial charge in [0.25, 0.3) is 11.8 Å². The number of amides is 2. The fraction of sp³-hybridized carbons (Fsp3) is 0.217. The molecule has 2 amide bonds. The van der Waals surface area contributed by atoms with E-state index in [1.54, 1.807) is 30.6 Å². The van der Waals surface area contributed by atoms with Crippen LogP contribution in [-0.4, -0.2) is 46.4 Å². The summed E-state index contributed by atoms with van der Waals surface area (Å²) in [4.78, 5) is 40.0. The molecule has 0 atom stereocenters. The van der Waals surface area contributed by atoms with E-state index in [0.717, 1.165) is 46.7 Å². The number of hydrogen-bond acceptors (Lipinski definition) is 6. The van der Waals surface area contributed by atoms with E-state index in [-0.39, 0.29) is 11.8 Å². The van der Waals surface area contributed by atoms with Crippen LogP contribution in [-0.2, 0) is 13.0 Å². The Hall–Kier alpha value is -3.43. The molecule has 0 fully saturated rings. The van der Waals surface area contributed by atoms with E-state index in [2.05, 4.69) is 30.5 Å². The van der Waals surface area contributed by atoms with E-state index in [0.29, 0.717) is 28.8 Å². The number of thiazole rings is 1. The third kappa shape index (κ3) is 4.69. The predicted molar refractivity (Wildman–Crippen MR) is 129 cm³/mol. The minimum atomic E-state index is -0.238. The Morgan fingerprint density at radius 3 is 2.70 bits per heavy atom. The monoisotopic (exact) mass is 480 g/mol. The predicted octanol–water partition coefficient (Wildman–Crippen LogP) is 3.40. The number of pyridine rings is 1. The minimum Gasteiger partial charge on any atom is -0.366 e. The summed E-state index contributed by atoms with van der Waals surface area (Å²) in [5.74, 6) is -0.461. The zero-order valence-electron chi connectivity index (χ0n) is 17.6. The van der Waals surface area contributed by atoms with Crippen molar-refractivity contribution < 1.29 is 9.59 Å². The highest BCUT2D eigenvalue weighted by Crippen LogP contribution is 2.28. The number of benzene rings is 1. The highest BCUT2D eigenvalue weighted by molar-refractivity contribution is 7.13. The molecule has 10 heteroatoms. The Labute approximate surface area is 199 Å². The number of nitrogens with zero attached hydrogens (tertiary/aromatic N) is 3. The third-order valence-electron chi connectivity index (χ3n) is 5.48. The van der Waals surface area contributed by atoms with Gasteiger partial charge in [-0.25, -0.2) is 4.98 Å². The van der Waals surface area contributed by atoms with Crippen molar-refractivity contribution in [2.75, 3.05) is 24.5 Å². The van der Waals surface area contributed by atoms with Gasteiger partial charge < -0.3 is 20.5 Å². The fourth-order valence-electron chi connectivity index (χ4n) is 3.82.